The minimum absolute atomic E-state index is 0.00838. The zero-order valence-corrected chi connectivity index (χ0v) is 13.0. The quantitative estimate of drug-likeness (QED) is 0.492. The maximum atomic E-state index is 11.8. The van der Waals surface area contributed by atoms with Gasteiger partial charge in [-0.2, -0.15) is 0 Å². The number of hydrogen-bond donors (Lipinski definition) is 1. The lowest BCUT2D eigenvalue weighted by Gasteiger charge is -2.12. The number of ether oxygens (including phenoxy) is 1. The first-order valence-electron chi connectivity index (χ1n) is 6.41. The Bertz CT molecular complexity index is 643. The molecule has 0 aliphatic heterocycles. The second kappa shape index (κ2) is 7.15. The van der Waals surface area contributed by atoms with Gasteiger partial charge < -0.3 is 13.6 Å². The second-order valence-corrected chi connectivity index (χ2v) is 5.07. The Morgan fingerprint density at radius 1 is 1.14 bits per heavy atom. The van der Waals surface area contributed by atoms with Crippen LogP contribution < -0.4 is 9.46 Å². The lowest BCUT2D eigenvalue weighted by molar-refractivity contribution is 0.101. The summed E-state index contributed by atoms with van der Waals surface area (Å²) >= 11 is 1.08. The number of ketones is 1. The summed E-state index contributed by atoms with van der Waals surface area (Å²) in [5.74, 6) is 0.768. The Morgan fingerprint density at radius 2 is 1.90 bits per heavy atom. The maximum Gasteiger partial charge on any atom is 0.161 e. The molecule has 0 bridgehead atoms. The molecule has 0 aromatic heterocycles. The van der Waals surface area contributed by atoms with Crippen LogP contribution in [0.2, 0.25) is 0 Å². The fourth-order valence-electron chi connectivity index (χ4n) is 2.06. The van der Waals surface area contributed by atoms with E-state index in [2.05, 4.69) is 4.72 Å². The number of carbonyl (C=O) groups excluding carboxylic acids is 1. The van der Waals surface area contributed by atoms with Crippen LogP contribution in [0.5, 0.6) is 5.75 Å². The average molecular weight is 303 g/mol. The highest BCUT2D eigenvalue weighted by Crippen LogP contribution is 2.32. The molecule has 110 valence electrons. The number of methoxy groups -OCH3 is 1. The molecule has 0 heterocycles. The van der Waals surface area contributed by atoms with E-state index in [4.69, 9.17) is 8.92 Å². The van der Waals surface area contributed by atoms with E-state index in [0.717, 1.165) is 34.8 Å². The van der Waals surface area contributed by atoms with Crippen LogP contribution in [0.4, 0.5) is 5.69 Å². The van der Waals surface area contributed by atoms with E-state index in [0.29, 0.717) is 5.56 Å². The number of rotatable bonds is 6. The minimum Gasteiger partial charge on any atom is -0.496 e. The molecule has 0 spiro atoms. The monoisotopic (exact) mass is 303 g/mol. The molecule has 21 heavy (non-hydrogen) atoms. The van der Waals surface area contributed by atoms with Crippen molar-refractivity contribution in [3.8, 4) is 16.9 Å². The van der Waals surface area contributed by atoms with Gasteiger partial charge >= 0.3 is 0 Å². The van der Waals surface area contributed by atoms with Crippen molar-refractivity contribution in [3.63, 3.8) is 0 Å². The van der Waals surface area contributed by atoms with E-state index in [-0.39, 0.29) is 5.78 Å². The van der Waals surface area contributed by atoms with Gasteiger partial charge in [-0.25, -0.2) is 0 Å². The van der Waals surface area contributed by atoms with Crippen molar-refractivity contribution in [2.24, 2.45) is 0 Å². The van der Waals surface area contributed by atoms with Crippen LogP contribution in [0.3, 0.4) is 0 Å². The van der Waals surface area contributed by atoms with Crippen molar-refractivity contribution in [3.05, 3.63) is 48.0 Å². The summed E-state index contributed by atoms with van der Waals surface area (Å²) < 4.78 is 13.3. The number of hydrogen-bond acceptors (Lipinski definition) is 5. The molecular weight excluding hydrogens is 286 g/mol. The van der Waals surface area contributed by atoms with Gasteiger partial charge in [0.1, 0.15) is 18.0 Å². The molecule has 0 unspecified atom stereocenters. The van der Waals surface area contributed by atoms with Crippen LogP contribution in [0.25, 0.3) is 11.1 Å². The molecule has 2 rings (SSSR count). The van der Waals surface area contributed by atoms with Gasteiger partial charge in [0.05, 0.1) is 19.9 Å². The first-order chi connectivity index (χ1) is 10.2. The number of benzene rings is 2. The van der Waals surface area contributed by atoms with Crippen molar-refractivity contribution in [2.75, 3.05) is 18.9 Å². The third kappa shape index (κ3) is 3.56. The van der Waals surface area contributed by atoms with E-state index in [1.807, 2.05) is 42.5 Å². The van der Waals surface area contributed by atoms with Crippen molar-refractivity contribution in [2.45, 2.75) is 6.92 Å². The van der Waals surface area contributed by atoms with Gasteiger partial charge in [-0.1, -0.05) is 24.3 Å². The number of anilines is 1. The fourth-order valence-corrected chi connectivity index (χ4v) is 2.41. The van der Waals surface area contributed by atoms with Crippen molar-refractivity contribution in [1.29, 1.82) is 0 Å². The van der Waals surface area contributed by atoms with Crippen LogP contribution in [0, 0.1) is 0 Å². The summed E-state index contributed by atoms with van der Waals surface area (Å²) in [6.07, 6.45) is 0. The molecule has 2 aromatic rings. The largest absolute Gasteiger partial charge is 0.496 e. The Balaban J connectivity index is 2.46. The molecular formula is C16H17NO3S. The summed E-state index contributed by atoms with van der Waals surface area (Å²) in [6.45, 7) is 1.55. The van der Waals surface area contributed by atoms with E-state index >= 15 is 0 Å². The molecule has 0 saturated carbocycles. The van der Waals surface area contributed by atoms with Crippen LogP contribution in [0.15, 0.2) is 42.5 Å². The zero-order valence-electron chi connectivity index (χ0n) is 12.2. The topological polar surface area (TPSA) is 47.6 Å². The van der Waals surface area contributed by atoms with Crippen LogP contribution in [-0.2, 0) is 4.18 Å². The molecule has 1 N–H and O–H groups in total. The predicted molar refractivity (Wildman–Crippen MR) is 86.7 cm³/mol. The molecule has 2 aromatic carbocycles. The predicted octanol–water partition coefficient (Wildman–Crippen LogP) is 4.19. The van der Waals surface area contributed by atoms with Crippen molar-refractivity contribution in [1.82, 2.24) is 0 Å². The number of Topliss-reactive ketones (excluding diaryl/α,β-unsaturated/α-hetero) is 1. The molecule has 0 saturated heterocycles. The Morgan fingerprint density at radius 3 is 2.57 bits per heavy atom. The molecule has 4 nitrogen and oxygen atoms in total. The van der Waals surface area contributed by atoms with Crippen LogP contribution >= 0.6 is 12.2 Å². The number of nitrogens with one attached hydrogen (secondary N) is 1. The van der Waals surface area contributed by atoms with Crippen LogP contribution in [-0.4, -0.2) is 20.0 Å². The average Bonchev–Trinajstić information content (AvgIpc) is 2.52. The van der Waals surface area contributed by atoms with Crippen LogP contribution in [0.1, 0.15) is 17.3 Å². The van der Waals surface area contributed by atoms with E-state index in [1.165, 1.54) is 0 Å². The van der Waals surface area contributed by atoms with E-state index < -0.39 is 0 Å². The smallest absolute Gasteiger partial charge is 0.161 e. The molecule has 0 amide bonds. The van der Waals surface area contributed by atoms with Crippen molar-refractivity contribution >= 4 is 23.7 Å². The van der Waals surface area contributed by atoms with E-state index in [9.17, 15) is 4.79 Å². The fraction of sp³-hybridized carbons (Fsp3) is 0.188. The summed E-state index contributed by atoms with van der Waals surface area (Å²) in [6, 6.07) is 13.4. The molecule has 0 aliphatic rings. The molecule has 0 fully saturated rings. The molecule has 0 atom stereocenters. The third-order valence-electron chi connectivity index (χ3n) is 3.05. The van der Waals surface area contributed by atoms with Gasteiger partial charge in [-0.3, -0.25) is 4.79 Å². The molecule has 0 radical (unpaired) electrons. The highest BCUT2D eigenvalue weighted by molar-refractivity contribution is 7.96. The minimum atomic E-state index is -0.00838. The first-order valence-corrected chi connectivity index (χ1v) is 7.15. The molecule has 0 aliphatic carbocycles. The summed E-state index contributed by atoms with van der Waals surface area (Å²) in [7, 11) is 3.20. The normalized spacial score (nSPS) is 10.2. The Kier molecular flexibility index (Phi) is 5.25. The maximum absolute atomic E-state index is 11.8. The first kappa shape index (κ1) is 15.4. The number of para-hydroxylation sites is 1. The lowest BCUT2D eigenvalue weighted by atomic mass is 9.99. The van der Waals surface area contributed by atoms with Gasteiger partial charge in [0, 0.05) is 11.1 Å². The Labute approximate surface area is 128 Å². The SMILES string of the molecule is COSNc1ccc(-c2ccccc2OC)cc1C(C)=O. The summed E-state index contributed by atoms with van der Waals surface area (Å²) in [5.41, 5.74) is 3.23. The third-order valence-corrected chi connectivity index (χ3v) is 3.52. The summed E-state index contributed by atoms with van der Waals surface area (Å²) in [5, 5.41) is 0. The standard InChI is InChI=1S/C16H17NO3S/c1-11(18)14-10-12(8-9-15(14)17-21-20-3)13-6-4-5-7-16(13)19-2/h4-10,17H,1-3H3. The lowest BCUT2D eigenvalue weighted by Crippen LogP contribution is -2.00. The highest BCUT2D eigenvalue weighted by Gasteiger charge is 2.12. The zero-order chi connectivity index (χ0) is 15.2. The van der Waals surface area contributed by atoms with Gasteiger partial charge in [-0.15, -0.1) is 0 Å². The van der Waals surface area contributed by atoms with Gasteiger partial charge in [0.2, 0.25) is 0 Å². The van der Waals surface area contributed by atoms with Crippen molar-refractivity contribution < 1.29 is 13.7 Å². The number of carbonyl (C=O) groups is 1. The summed E-state index contributed by atoms with van der Waals surface area (Å²) in [4.78, 5) is 11.8. The second-order valence-electron chi connectivity index (χ2n) is 4.37. The molecule has 5 heteroatoms. The van der Waals surface area contributed by atoms with E-state index in [1.54, 1.807) is 21.1 Å². The van der Waals surface area contributed by atoms with Gasteiger partial charge in [0.15, 0.2) is 5.78 Å². The van der Waals surface area contributed by atoms with Gasteiger partial charge in [0.25, 0.3) is 0 Å². The Hall–Kier alpha value is -1.98. The highest BCUT2D eigenvalue weighted by atomic mass is 32.2. The van der Waals surface area contributed by atoms with Gasteiger partial charge in [-0.05, 0) is 30.7 Å².